The van der Waals surface area contributed by atoms with Crippen LogP contribution in [0.5, 0.6) is 0 Å². The fraction of sp³-hybridized carbons (Fsp3) is 0. The number of rotatable bonds is 15. The quantitative estimate of drug-likeness (QED) is 0.102. The van der Waals surface area contributed by atoms with Gasteiger partial charge in [0, 0.05) is 51.2 Å². The van der Waals surface area contributed by atoms with Gasteiger partial charge in [-0.2, -0.15) is 0 Å². The second-order valence-corrected chi connectivity index (χ2v) is 16.2. The molecule has 0 amide bonds. The van der Waals surface area contributed by atoms with Crippen LogP contribution in [-0.4, -0.2) is 15.0 Å². The number of aromatic nitrogens is 3. The highest BCUT2D eigenvalue weighted by molar-refractivity contribution is 5.81. The van der Waals surface area contributed by atoms with Gasteiger partial charge in [0.25, 0.3) is 0 Å². The van der Waals surface area contributed by atoms with Crippen LogP contribution in [0.25, 0.3) is 36.5 Å². The van der Waals surface area contributed by atoms with E-state index in [1.165, 1.54) is 0 Å². The van der Waals surface area contributed by atoms with E-state index in [1.54, 1.807) is 0 Å². The molecule has 9 aromatic carbocycles. The highest BCUT2D eigenvalue weighted by atomic mass is 15.2. The average Bonchev–Trinajstić information content (AvgIpc) is 3.42. The van der Waals surface area contributed by atoms with E-state index in [4.69, 9.17) is 15.0 Å². The molecule has 330 valence electrons. The van der Waals surface area contributed by atoms with E-state index < -0.39 is 0 Å². The molecule has 0 unspecified atom stereocenters. The molecule has 10 rings (SSSR count). The first-order chi connectivity index (χ1) is 34.2. The highest BCUT2D eigenvalue weighted by Gasteiger charge is 2.14. The first kappa shape index (κ1) is 43.5. The zero-order valence-corrected chi connectivity index (χ0v) is 37.9. The smallest absolute Gasteiger partial charge is 0.156 e. The van der Waals surface area contributed by atoms with E-state index in [-0.39, 0.29) is 0 Å². The van der Waals surface area contributed by atoms with Crippen molar-refractivity contribution in [2.75, 3.05) is 14.7 Å². The Labute approximate surface area is 404 Å². The molecule has 0 aliphatic carbocycles. The van der Waals surface area contributed by atoms with Crippen LogP contribution in [0.1, 0.15) is 34.2 Å². The summed E-state index contributed by atoms with van der Waals surface area (Å²) in [4.78, 5) is 21.5. The fourth-order valence-corrected chi connectivity index (χ4v) is 8.17. The molecule has 0 bridgehead atoms. The van der Waals surface area contributed by atoms with Crippen LogP contribution < -0.4 is 14.7 Å². The molecule has 0 spiro atoms. The number of hydrogen-bond acceptors (Lipinski definition) is 6. The molecule has 6 heteroatoms. The summed E-state index contributed by atoms with van der Waals surface area (Å²) >= 11 is 0. The molecule has 0 aliphatic rings. The van der Waals surface area contributed by atoms with Gasteiger partial charge in [0.1, 0.15) is 0 Å². The van der Waals surface area contributed by atoms with Gasteiger partial charge >= 0.3 is 0 Å². The van der Waals surface area contributed by atoms with Crippen molar-refractivity contribution in [3.8, 4) is 0 Å². The van der Waals surface area contributed by atoms with Gasteiger partial charge in [-0.1, -0.05) is 164 Å². The van der Waals surface area contributed by atoms with E-state index >= 15 is 0 Å². The minimum absolute atomic E-state index is 0.553. The first-order valence-electron chi connectivity index (χ1n) is 23.0. The van der Waals surface area contributed by atoms with Crippen molar-refractivity contribution in [3.63, 3.8) is 0 Å². The lowest BCUT2D eigenvalue weighted by molar-refractivity contribution is 0.991. The van der Waals surface area contributed by atoms with Gasteiger partial charge in [-0.05, 0) is 144 Å². The predicted octanol–water partition coefficient (Wildman–Crippen LogP) is 16.8. The topological polar surface area (TPSA) is 48.4 Å². The lowest BCUT2D eigenvalue weighted by Crippen LogP contribution is -2.09. The summed E-state index contributed by atoms with van der Waals surface area (Å²) in [5, 5.41) is 0. The van der Waals surface area contributed by atoms with E-state index in [2.05, 4.69) is 233 Å². The summed E-state index contributed by atoms with van der Waals surface area (Å²) in [5.74, 6) is 1.66. The maximum absolute atomic E-state index is 4.91. The third-order valence-corrected chi connectivity index (χ3v) is 11.5. The van der Waals surface area contributed by atoms with Gasteiger partial charge in [-0.15, -0.1) is 0 Å². The van der Waals surface area contributed by atoms with Crippen molar-refractivity contribution in [3.05, 3.63) is 289 Å². The number of para-hydroxylation sites is 6. The Morgan fingerprint density at radius 1 is 0.188 bits per heavy atom. The Bertz CT molecular complexity index is 2780. The van der Waals surface area contributed by atoms with Gasteiger partial charge in [0.05, 0.1) is 0 Å². The molecule has 0 saturated carbocycles. The largest absolute Gasteiger partial charge is 0.311 e. The molecule has 1 aromatic heterocycles. The highest BCUT2D eigenvalue weighted by Crippen LogP contribution is 2.37. The van der Waals surface area contributed by atoms with Crippen molar-refractivity contribution in [1.82, 2.24) is 15.0 Å². The Morgan fingerprint density at radius 3 is 0.551 bits per heavy atom. The molecule has 0 saturated heterocycles. The molecule has 69 heavy (non-hydrogen) atoms. The van der Waals surface area contributed by atoms with E-state index in [0.717, 1.165) is 67.9 Å². The SMILES string of the molecule is C(=C\c1nc(/C=C/c2ccc(N(c3ccccc3)c3ccccc3)cc2)nc(/C=C/c2ccc(N(c3ccccc3)c3ccccc3)cc2)n1)/c1ccc(N(c2ccccc2)c2ccccc2)cc1. The van der Waals surface area contributed by atoms with Crippen molar-refractivity contribution < 1.29 is 0 Å². The summed E-state index contributed by atoms with van der Waals surface area (Å²) in [6.07, 6.45) is 12.0. The fourth-order valence-electron chi connectivity index (χ4n) is 8.17. The van der Waals surface area contributed by atoms with Crippen LogP contribution in [0.3, 0.4) is 0 Å². The van der Waals surface area contributed by atoms with Crippen LogP contribution in [-0.2, 0) is 0 Å². The van der Waals surface area contributed by atoms with E-state index in [1.807, 2.05) is 72.9 Å². The van der Waals surface area contributed by atoms with Crippen molar-refractivity contribution in [2.45, 2.75) is 0 Å². The number of anilines is 9. The second kappa shape index (κ2) is 21.3. The zero-order valence-electron chi connectivity index (χ0n) is 37.9. The molecule has 0 N–H and O–H groups in total. The van der Waals surface area contributed by atoms with Crippen molar-refractivity contribution in [1.29, 1.82) is 0 Å². The van der Waals surface area contributed by atoms with Gasteiger partial charge in [-0.3, -0.25) is 0 Å². The Kier molecular flexibility index (Phi) is 13.4. The second-order valence-electron chi connectivity index (χ2n) is 16.2. The third-order valence-electron chi connectivity index (χ3n) is 11.5. The van der Waals surface area contributed by atoms with Crippen molar-refractivity contribution >= 4 is 87.6 Å². The van der Waals surface area contributed by atoms with Crippen LogP contribution in [0.4, 0.5) is 51.2 Å². The molecule has 0 fully saturated rings. The average molecular weight is 889 g/mol. The van der Waals surface area contributed by atoms with Gasteiger partial charge in [-0.25, -0.2) is 15.0 Å². The summed E-state index contributed by atoms with van der Waals surface area (Å²) in [6, 6.07) is 88.1. The summed E-state index contributed by atoms with van der Waals surface area (Å²) in [5.41, 5.74) is 12.8. The normalized spacial score (nSPS) is 11.3. The standard InChI is InChI=1S/C63H48N6/c1-7-19-52(20-8-1)67(53-21-9-2-10-22-53)58-40-31-49(32-41-58)37-46-61-64-62(47-38-50-33-42-59(43-34-50)68(54-23-11-3-12-24-54)55-25-13-4-14-26-55)66-63(65-61)48-39-51-35-44-60(45-36-51)69(56-27-15-5-16-28-56)57-29-17-6-18-30-57/h1-48H/b46-37+,47-38+,48-39+. The monoisotopic (exact) mass is 888 g/mol. The Hall–Kier alpha value is -9.39. The Balaban J connectivity index is 0.937. The molecule has 10 aromatic rings. The summed E-state index contributed by atoms with van der Waals surface area (Å²) in [7, 11) is 0. The summed E-state index contributed by atoms with van der Waals surface area (Å²) < 4.78 is 0. The van der Waals surface area contributed by atoms with Crippen molar-refractivity contribution in [2.24, 2.45) is 0 Å². The molecule has 0 atom stereocenters. The van der Waals surface area contributed by atoms with Gasteiger partial charge in [0.15, 0.2) is 17.5 Å². The molecular formula is C63H48N6. The summed E-state index contributed by atoms with van der Waals surface area (Å²) in [6.45, 7) is 0. The van der Waals surface area contributed by atoms with Gasteiger partial charge in [0.2, 0.25) is 0 Å². The Morgan fingerprint density at radius 2 is 0.362 bits per heavy atom. The molecule has 1 heterocycles. The first-order valence-corrected chi connectivity index (χ1v) is 23.0. The zero-order chi connectivity index (χ0) is 46.5. The molecule has 6 nitrogen and oxygen atoms in total. The van der Waals surface area contributed by atoms with Crippen LogP contribution in [0, 0.1) is 0 Å². The molecular weight excluding hydrogens is 841 g/mol. The lowest BCUT2D eigenvalue weighted by atomic mass is 10.1. The maximum atomic E-state index is 4.91. The third kappa shape index (κ3) is 10.8. The predicted molar refractivity (Wildman–Crippen MR) is 290 cm³/mol. The van der Waals surface area contributed by atoms with Gasteiger partial charge < -0.3 is 14.7 Å². The van der Waals surface area contributed by atoms with E-state index in [9.17, 15) is 0 Å². The number of nitrogens with zero attached hydrogens (tertiary/aromatic N) is 6. The minimum atomic E-state index is 0.553. The number of benzene rings is 9. The molecule has 0 radical (unpaired) electrons. The van der Waals surface area contributed by atoms with Crippen LogP contribution in [0.2, 0.25) is 0 Å². The maximum Gasteiger partial charge on any atom is 0.156 e. The van der Waals surface area contributed by atoms with E-state index in [0.29, 0.717) is 17.5 Å². The minimum Gasteiger partial charge on any atom is -0.311 e. The van der Waals surface area contributed by atoms with Crippen LogP contribution in [0.15, 0.2) is 255 Å². The number of hydrogen-bond donors (Lipinski definition) is 0. The lowest BCUT2D eigenvalue weighted by Gasteiger charge is -2.25. The van der Waals surface area contributed by atoms with Crippen LogP contribution >= 0.6 is 0 Å². The molecule has 0 aliphatic heterocycles.